The molecule has 0 aliphatic carbocycles. The summed E-state index contributed by atoms with van der Waals surface area (Å²) in [5.74, 6) is 0.338. The number of nitrogens with one attached hydrogen (secondary N) is 2. The van der Waals surface area contributed by atoms with E-state index < -0.39 is 5.60 Å². The molecule has 29 heavy (non-hydrogen) atoms. The van der Waals surface area contributed by atoms with E-state index in [4.69, 9.17) is 4.74 Å². The summed E-state index contributed by atoms with van der Waals surface area (Å²) in [4.78, 5) is 34.1. The average molecular weight is 396 g/mol. The Hall–Kier alpha value is -3.36. The van der Waals surface area contributed by atoms with Crippen LogP contribution in [-0.2, 0) is 24.8 Å². The Balaban J connectivity index is 1.56. The number of ether oxygens (including phenoxy) is 1. The van der Waals surface area contributed by atoms with Gasteiger partial charge in [0.1, 0.15) is 11.4 Å². The molecule has 3 heterocycles. The number of nitrogens with zero attached hydrogens (tertiary/aromatic N) is 4. The number of fused-ring (bicyclic) bond motifs is 2. The van der Waals surface area contributed by atoms with Crippen LogP contribution in [0.5, 0.6) is 0 Å². The average Bonchev–Trinajstić information content (AvgIpc) is 3.23. The molecule has 1 aliphatic heterocycles. The molecule has 1 aliphatic rings. The highest BCUT2D eigenvalue weighted by Crippen LogP contribution is 2.27. The normalized spacial score (nSPS) is 14.0. The van der Waals surface area contributed by atoms with E-state index in [-0.39, 0.29) is 12.0 Å². The number of aryl methyl sites for hydroxylation is 1. The van der Waals surface area contributed by atoms with Crippen molar-refractivity contribution < 1.29 is 14.3 Å². The van der Waals surface area contributed by atoms with Crippen molar-refractivity contribution in [1.82, 2.24) is 24.6 Å². The first-order chi connectivity index (χ1) is 13.7. The summed E-state index contributed by atoms with van der Waals surface area (Å²) in [6, 6.07) is 5.28. The number of carbonyl (C=O) groups excluding carboxylic acids is 2. The number of amides is 2. The molecule has 2 aromatic heterocycles. The third kappa shape index (κ3) is 3.80. The first-order valence-corrected chi connectivity index (χ1v) is 9.48. The van der Waals surface area contributed by atoms with Crippen LogP contribution in [0.3, 0.4) is 0 Å². The Bertz CT molecular complexity index is 1090. The van der Waals surface area contributed by atoms with E-state index in [9.17, 15) is 9.59 Å². The molecular weight excluding hydrogens is 372 g/mol. The van der Waals surface area contributed by atoms with E-state index in [0.29, 0.717) is 30.9 Å². The zero-order valence-corrected chi connectivity index (χ0v) is 16.9. The van der Waals surface area contributed by atoms with Gasteiger partial charge >= 0.3 is 6.09 Å². The van der Waals surface area contributed by atoms with Crippen molar-refractivity contribution in [3.05, 3.63) is 41.3 Å². The first kappa shape index (κ1) is 19.0. The van der Waals surface area contributed by atoms with Crippen molar-refractivity contribution in [2.24, 2.45) is 7.05 Å². The van der Waals surface area contributed by atoms with Crippen LogP contribution < -0.4 is 5.32 Å². The molecule has 9 heteroatoms. The summed E-state index contributed by atoms with van der Waals surface area (Å²) in [6.07, 6.45) is 1.84. The third-order valence-corrected chi connectivity index (χ3v) is 4.76. The molecule has 2 N–H and O–H groups in total. The van der Waals surface area contributed by atoms with Gasteiger partial charge in [-0.3, -0.25) is 9.48 Å². The molecule has 152 valence electrons. The van der Waals surface area contributed by atoms with Gasteiger partial charge in [-0.05, 0) is 39.0 Å². The Morgan fingerprint density at radius 1 is 1.28 bits per heavy atom. The lowest BCUT2D eigenvalue weighted by atomic mass is 10.1. The number of aromatic nitrogens is 4. The summed E-state index contributed by atoms with van der Waals surface area (Å²) in [6.45, 7) is 6.39. The molecule has 3 aromatic rings. The molecule has 9 nitrogen and oxygen atoms in total. The smallest absolute Gasteiger partial charge is 0.410 e. The lowest BCUT2D eigenvalue weighted by Gasteiger charge is -2.29. The van der Waals surface area contributed by atoms with Crippen molar-refractivity contribution in [1.29, 1.82) is 0 Å². The number of hydrogen-bond donors (Lipinski definition) is 2. The molecule has 0 radical (unpaired) electrons. The number of aromatic amines is 1. The fourth-order valence-electron chi connectivity index (χ4n) is 3.40. The largest absolute Gasteiger partial charge is 0.444 e. The summed E-state index contributed by atoms with van der Waals surface area (Å²) >= 11 is 0. The van der Waals surface area contributed by atoms with E-state index in [0.717, 1.165) is 22.3 Å². The van der Waals surface area contributed by atoms with Gasteiger partial charge in [0.15, 0.2) is 0 Å². The monoisotopic (exact) mass is 396 g/mol. The second-order valence-electron chi connectivity index (χ2n) is 8.14. The van der Waals surface area contributed by atoms with Crippen LogP contribution in [0.4, 0.5) is 10.6 Å². The summed E-state index contributed by atoms with van der Waals surface area (Å²) in [7, 11) is 1.78. The van der Waals surface area contributed by atoms with Gasteiger partial charge in [-0.2, -0.15) is 5.10 Å². The molecule has 1 aromatic carbocycles. The molecule has 0 atom stereocenters. The number of rotatable bonds is 2. The quantitative estimate of drug-likeness (QED) is 0.693. The van der Waals surface area contributed by atoms with Crippen LogP contribution in [0.15, 0.2) is 24.5 Å². The molecule has 0 saturated heterocycles. The summed E-state index contributed by atoms with van der Waals surface area (Å²) in [5, 5.41) is 7.46. The molecule has 0 unspecified atom stereocenters. The molecule has 0 bridgehead atoms. The van der Waals surface area contributed by atoms with Gasteiger partial charge in [0.25, 0.3) is 5.91 Å². The minimum atomic E-state index is -0.561. The number of imidazole rings is 1. The van der Waals surface area contributed by atoms with Gasteiger partial charge in [-0.25, -0.2) is 9.78 Å². The molecule has 0 fully saturated rings. The van der Waals surface area contributed by atoms with Gasteiger partial charge < -0.3 is 19.9 Å². The van der Waals surface area contributed by atoms with Crippen molar-refractivity contribution in [3.8, 4) is 0 Å². The van der Waals surface area contributed by atoms with E-state index in [1.165, 1.54) is 0 Å². The number of hydrogen-bond acceptors (Lipinski definition) is 5. The van der Waals surface area contributed by atoms with Crippen LogP contribution in [-0.4, -0.2) is 48.8 Å². The lowest BCUT2D eigenvalue weighted by Crippen LogP contribution is -2.40. The zero-order chi connectivity index (χ0) is 20.8. The van der Waals surface area contributed by atoms with Gasteiger partial charge in [-0.15, -0.1) is 0 Å². The van der Waals surface area contributed by atoms with E-state index in [1.54, 1.807) is 41.2 Å². The minimum Gasteiger partial charge on any atom is -0.444 e. The van der Waals surface area contributed by atoms with Gasteiger partial charge in [-0.1, -0.05) is 0 Å². The van der Waals surface area contributed by atoms with Crippen LogP contribution >= 0.6 is 0 Å². The molecule has 0 spiro atoms. The summed E-state index contributed by atoms with van der Waals surface area (Å²) in [5.41, 5.74) is 3.26. The lowest BCUT2D eigenvalue weighted by molar-refractivity contribution is 0.0224. The predicted octanol–water partition coefficient (Wildman–Crippen LogP) is 2.84. The van der Waals surface area contributed by atoms with Crippen molar-refractivity contribution >= 4 is 28.9 Å². The zero-order valence-electron chi connectivity index (χ0n) is 16.9. The fourth-order valence-corrected chi connectivity index (χ4v) is 3.40. The maximum absolute atomic E-state index is 12.8. The third-order valence-electron chi connectivity index (χ3n) is 4.76. The highest BCUT2D eigenvalue weighted by atomic mass is 16.6. The second-order valence-corrected chi connectivity index (χ2v) is 8.14. The van der Waals surface area contributed by atoms with Crippen LogP contribution in [0.1, 0.15) is 42.4 Å². The maximum atomic E-state index is 12.8. The number of carbonyl (C=O) groups is 2. The van der Waals surface area contributed by atoms with Crippen LogP contribution in [0.25, 0.3) is 11.0 Å². The molecule has 4 rings (SSSR count). The topological polar surface area (TPSA) is 105 Å². The SMILES string of the molecule is Cn1nc2c(c1NC(=O)c1ccc3nc[nH]c3c1)CN(C(=O)OC(C)(C)C)CC2. The molecule has 2 amide bonds. The Labute approximate surface area is 168 Å². The number of benzene rings is 1. The van der Waals surface area contributed by atoms with E-state index >= 15 is 0 Å². The van der Waals surface area contributed by atoms with Crippen molar-refractivity contribution in [2.45, 2.75) is 39.3 Å². The number of anilines is 1. The fraction of sp³-hybridized carbons (Fsp3) is 0.400. The summed E-state index contributed by atoms with van der Waals surface area (Å²) < 4.78 is 7.13. The van der Waals surface area contributed by atoms with E-state index in [1.807, 2.05) is 20.8 Å². The van der Waals surface area contributed by atoms with Crippen molar-refractivity contribution in [2.75, 3.05) is 11.9 Å². The van der Waals surface area contributed by atoms with Gasteiger partial charge in [0.05, 0.1) is 29.6 Å². The van der Waals surface area contributed by atoms with Crippen molar-refractivity contribution in [3.63, 3.8) is 0 Å². The Kier molecular flexibility index (Phi) is 4.52. The minimum absolute atomic E-state index is 0.248. The Morgan fingerprint density at radius 2 is 2.07 bits per heavy atom. The van der Waals surface area contributed by atoms with Gasteiger partial charge in [0.2, 0.25) is 0 Å². The highest BCUT2D eigenvalue weighted by molar-refractivity contribution is 6.05. The maximum Gasteiger partial charge on any atom is 0.410 e. The second kappa shape index (κ2) is 6.91. The van der Waals surface area contributed by atoms with E-state index in [2.05, 4.69) is 20.4 Å². The highest BCUT2D eigenvalue weighted by Gasteiger charge is 2.30. The molecular formula is C20H24N6O3. The Morgan fingerprint density at radius 3 is 2.83 bits per heavy atom. The standard InChI is InChI=1S/C20H24N6O3/c1-20(2,3)29-19(28)26-8-7-14-13(10-26)17(25(4)24-14)23-18(27)12-5-6-15-16(9-12)22-11-21-15/h5-6,9,11H,7-8,10H2,1-4H3,(H,21,22)(H,23,27). The molecule has 0 saturated carbocycles. The van der Waals surface area contributed by atoms with Crippen LogP contribution in [0.2, 0.25) is 0 Å². The first-order valence-electron chi connectivity index (χ1n) is 9.48. The number of H-pyrrole nitrogens is 1. The van der Waals surface area contributed by atoms with Crippen LogP contribution in [0, 0.1) is 0 Å². The van der Waals surface area contributed by atoms with Gasteiger partial charge in [0, 0.05) is 31.1 Å². The predicted molar refractivity (Wildman–Crippen MR) is 108 cm³/mol.